The highest BCUT2D eigenvalue weighted by molar-refractivity contribution is 5.78. The molecule has 1 unspecified atom stereocenters. The Morgan fingerprint density at radius 2 is 2.31 bits per heavy atom. The lowest BCUT2D eigenvalue weighted by Crippen LogP contribution is -2.34. The molecule has 1 amide bonds. The summed E-state index contributed by atoms with van der Waals surface area (Å²) >= 11 is 0. The number of amides is 1. The van der Waals surface area contributed by atoms with E-state index in [1.54, 1.807) is 18.6 Å². The molecule has 1 aromatic rings. The Hall–Kier alpha value is -1.45. The molecule has 16 heavy (non-hydrogen) atoms. The lowest BCUT2D eigenvalue weighted by molar-refractivity contribution is -0.135. The van der Waals surface area contributed by atoms with E-state index in [-0.39, 0.29) is 17.9 Å². The molecule has 2 rings (SSSR count). The lowest BCUT2D eigenvalue weighted by Gasteiger charge is -2.25. The van der Waals surface area contributed by atoms with E-state index in [1.165, 1.54) is 0 Å². The van der Waals surface area contributed by atoms with Crippen LogP contribution in [-0.2, 0) is 4.79 Å². The molecule has 0 N–H and O–H groups in total. The van der Waals surface area contributed by atoms with Crippen molar-refractivity contribution in [3.8, 4) is 0 Å². The molecule has 4 heteroatoms. The molecule has 1 aromatic heterocycles. The number of rotatable bonds is 2. The third-order valence-electron chi connectivity index (χ3n) is 2.95. The van der Waals surface area contributed by atoms with Gasteiger partial charge in [0.15, 0.2) is 0 Å². The molecule has 1 atom stereocenters. The predicted molar refractivity (Wildman–Crippen MR) is 60.6 cm³/mol. The van der Waals surface area contributed by atoms with Crippen LogP contribution in [0, 0.1) is 5.92 Å². The summed E-state index contributed by atoms with van der Waals surface area (Å²) < 4.78 is 0. The molecule has 0 aliphatic carbocycles. The molecule has 86 valence electrons. The van der Waals surface area contributed by atoms with Crippen LogP contribution in [0.4, 0.5) is 0 Å². The normalized spacial score (nSPS) is 20.4. The Morgan fingerprint density at radius 1 is 1.50 bits per heavy atom. The molecule has 2 heterocycles. The molecule has 0 bridgehead atoms. The fourth-order valence-electron chi connectivity index (χ4n) is 2.15. The van der Waals surface area contributed by atoms with Gasteiger partial charge in [0.25, 0.3) is 0 Å². The maximum absolute atomic E-state index is 12.0. The maximum Gasteiger partial charge on any atom is 0.225 e. The molecule has 0 aromatic carbocycles. The smallest absolute Gasteiger partial charge is 0.225 e. The second kappa shape index (κ2) is 4.60. The van der Waals surface area contributed by atoms with E-state index in [9.17, 15) is 4.79 Å². The van der Waals surface area contributed by atoms with Gasteiger partial charge in [0.1, 0.15) is 0 Å². The van der Waals surface area contributed by atoms with Crippen LogP contribution in [0.15, 0.2) is 18.6 Å². The van der Waals surface area contributed by atoms with Crippen LogP contribution in [0.2, 0.25) is 0 Å². The fraction of sp³-hybridized carbons (Fsp3) is 0.583. The summed E-state index contributed by atoms with van der Waals surface area (Å²) in [4.78, 5) is 22.3. The standard InChI is InChI=1S/C12H17N3O/c1-9(2)12(16)15-7-3-4-11(15)10-8-13-5-6-14-10/h5-6,8-9,11H,3-4,7H2,1-2H3. The molecule has 0 spiro atoms. The van der Waals surface area contributed by atoms with Gasteiger partial charge in [-0.3, -0.25) is 14.8 Å². The zero-order chi connectivity index (χ0) is 11.5. The van der Waals surface area contributed by atoms with Gasteiger partial charge in [-0.1, -0.05) is 13.8 Å². The SMILES string of the molecule is CC(C)C(=O)N1CCCC1c1cnccn1. The van der Waals surface area contributed by atoms with Gasteiger partial charge in [-0.05, 0) is 12.8 Å². The predicted octanol–water partition coefficient (Wildman–Crippen LogP) is 1.80. The lowest BCUT2D eigenvalue weighted by atomic mass is 10.1. The van der Waals surface area contributed by atoms with Crippen molar-refractivity contribution in [2.24, 2.45) is 5.92 Å². The van der Waals surface area contributed by atoms with Crippen LogP contribution in [0.1, 0.15) is 38.4 Å². The van der Waals surface area contributed by atoms with Crippen LogP contribution in [0.3, 0.4) is 0 Å². The maximum atomic E-state index is 12.0. The third-order valence-corrected chi connectivity index (χ3v) is 2.95. The van der Waals surface area contributed by atoms with Gasteiger partial charge < -0.3 is 4.90 Å². The van der Waals surface area contributed by atoms with Gasteiger partial charge in [0.05, 0.1) is 17.9 Å². The number of hydrogen-bond acceptors (Lipinski definition) is 3. The fourth-order valence-corrected chi connectivity index (χ4v) is 2.15. The zero-order valence-electron chi connectivity index (χ0n) is 9.76. The first-order valence-electron chi connectivity index (χ1n) is 5.76. The molecule has 1 saturated heterocycles. The number of carbonyl (C=O) groups excluding carboxylic acids is 1. The Labute approximate surface area is 95.7 Å². The van der Waals surface area contributed by atoms with Crippen molar-refractivity contribution < 1.29 is 4.79 Å². The first-order chi connectivity index (χ1) is 7.70. The molecule has 1 aliphatic heterocycles. The second-order valence-electron chi connectivity index (χ2n) is 4.47. The van der Waals surface area contributed by atoms with Crippen molar-refractivity contribution in [2.75, 3.05) is 6.54 Å². The molecular formula is C12H17N3O. The summed E-state index contributed by atoms with van der Waals surface area (Å²) in [5.41, 5.74) is 0.911. The first-order valence-corrected chi connectivity index (χ1v) is 5.76. The van der Waals surface area contributed by atoms with Gasteiger partial charge >= 0.3 is 0 Å². The van der Waals surface area contributed by atoms with E-state index < -0.39 is 0 Å². The average Bonchev–Trinajstić information content (AvgIpc) is 2.77. The van der Waals surface area contributed by atoms with Crippen LogP contribution < -0.4 is 0 Å². The van der Waals surface area contributed by atoms with Crippen LogP contribution >= 0.6 is 0 Å². The van der Waals surface area contributed by atoms with Gasteiger partial charge in [0.2, 0.25) is 5.91 Å². The molecule has 1 aliphatic rings. The van der Waals surface area contributed by atoms with E-state index in [1.807, 2.05) is 18.7 Å². The highest BCUT2D eigenvalue weighted by atomic mass is 16.2. The number of hydrogen-bond donors (Lipinski definition) is 0. The van der Waals surface area contributed by atoms with Crippen molar-refractivity contribution in [1.82, 2.24) is 14.9 Å². The molecule has 1 fully saturated rings. The summed E-state index contributed by atoms with van der Waals surface area (Å²) in [6, 6.07) is 0.128. The monoisotopic (exact) mass is 219 g/mol. The van der Waals surface area contributed by atoms with E-state index in [2.05, 4.69) is 9.97 Å². The Bertz CT molecular complexity index is 364. The zero-order valence-corrected chi connectivity index (χ0v) is 9.76. The summed E-state index contributed by atoms with van der Waals surface area (Å²) in [5, 5.41) is 0. The average molecular weight is 219 g/mol. The number of aromatic nitrogens is 2. The van der Waals surface area contributed by atoms with Crippen LogP contribution in [0.25, 0.3) is 0 Å². The third kappa shape index (κ3) is 2.05. The minimum absolute atomic E-state index is 0.0530. The summed E-state index contributed by atoms with van der Waals surface area (Å²) in [6.45, 7) is 4.72. The number of likely N-dealkylation sites (tertiary alicyclic amines) is 1. The topological polar surface area (TPSA) is 46.1 Å². The molecule has 4 nitrogen and oxygen atoms in total. The van der Waals surface area contributed by atoms with E-state index >= 15 is 0 Å². The van der Waals surface area contributed by atoms with Crippen molar-refractivity contribution in [1.29, 1.82) is 0 Å². The minimum Gasteiger partial charge on any atom is -0.334 e. The van der Waals surface area contributed by atoms with E-state index in [4.69, 9.17) is 0 Å². The Morgan fingerprint density at radius 3 is 2.94 bits per heavy atom. The van der Waals surface area contributed by atoms with Gasteiger partial charge in [0, 0.05) is 24.9 Å². The van der Waals surface area contributed by atoms with Crippen molar-refractivity contribution in [2.45, 2.75) is 32.7 Å². The number of nitrogens with zero attached hydrogens (tertiary/aromatic N) is 3. The minimum atomic E-state index is 0.0530. The summed E-state index contributed by atoms with van der Waals surface area (Å²) in [7, 11) is 0. The van der Waals surface area contributed by atoms with Crippen molar-refractivity contribution in [3.05, 3.63) is 24.3 Å². The highest BCUT2D eigenvalue weighted by Crippen LogP contribution is 2.31. The highest BCUT2D eigenvalue weighted by Gasteiger charge is 2.31. The van der Waals surface area contributed by atoms with Gasteiger partial charge in [-0.2, -0.15) is 0 Å². The Kier molecular flexibility index (Phi) is 3.17. The van der Waals surface area contributed by atoms with Crippen molar-refractivity contribution in [3.63, 3.8) is 0 Å². The number of carbonyl (C=O) groups is 1. The molecule has 0 saturated carbocycles. The van der Waals surface area contributed by atoms with Gasteiger partial charge in [-0.25, -0.2) is 0 Å². The quantitative estimate of drug-likeness (QED) is 0.762. The second-order valence-corrected chi connectivity index (χ2v) is 4.47. The molecular weight excluding hydrogens is 202 g/mol. The Balaban J connectivity index is 2.19. The largest absolute Gasteiger partial charge is 0.334 e. The summed E-state index contributed by atoms with van der Waals surface area (Å²) in [6.07, 6.45) is 7.16. The van der Waals surface area contributed by atoms with Crippen molar-refractivity contribution >= 4 is 5.91 Å². The molecule has 0 radical (unpaired) electrons. The summed E-state index contributed by atoms with van der Waals surface area (Å²) in [5.74, 6) is 0.269. The van der Waals surface area contributed by atoms with Crippen LogP contribution in [-0.4, -0.2) is 27.3 Å². The van der Waals surface area contributed by atoms with E-state index in [0.717, 1.165) is 25.1 Å². The van der Waals surface area contributed by atoms with Crippen LogP contribution in [0.5, 0.6) is 0 Å². The first kappa shape index (κ1) is 11.0. The van der Waals surface area contributed by atoms with Gasteiger partial charge in [-0.15, -0.1) is 0 Å². The van der Waals surface area contributed by atoms with E-state index in [0.29, 0.717) is 0 Å².